The molecular formula is C14H22O3. The largest absolute Gasteiger partial charge is 0.491 e. The zero-order valence-electron chi connectivity index (χ0n) is 10.8. The molecule has 0 N–H and O–H groups in total. The predicted octanol–water partition coefficient (Wildman–Crippen LogP) is 2.68. The summed E-state index contributed by atoms with van der Waals surface area (Å²) < 4.78 is 15.9. The average molecular weight is 238 g/mol. The Morgan fingerprint density at radius 1 is 1.06 bits per heavy atom. The lowest BCUT2D eigenvalue weighted by atomic mass is 10.2. The highest BCUT2D eigenvalue weighted by molar-refractivity contribution is 5.28. The number of hydrogen-bond donors (Lipinski definition) is 0. The van der Waals surface area contributed by atoms with Gasteiger partial charge in [-0.25, -0.2) is 0 Å². The van der Waals surface area contributed by atoms with Crippen LogP contribution in [0.2, 0.25) is 0 Å². The van der Waals surface area contributed by atoms with Crippen molar-refractivity contribution in [2.45, 2.75) is 19.8 Å². The molecule has 3 heteroatoms. The molecule has 0 atom stereocenters. The molecule has 0 aliphatic heterocycles. The third-order valence-electron chi connectivity index (χ3n) is 2.44. The second-order valence-electron chi connectivity index (χ2n) is 3.81. The molecule has 0 fully saturated rings. The topological polar surface area (TPSA) is 27.7 Å². The van der Waals surface area contributed by atoms with Crippen LogP contribution >= 0.6 is 0 Å². The van der Waals surface area contributed by atoms with E-state index in [1.54, 1.807) is 7.11 Å². The molecule has 0 radical (unpaired) electrons. The molecule has 17 heavy (non-hydrogen) atoms. The smallest absolute Gasteiger partial charge is 0.119 e. The maximum Gasteiger partial charge on any atom is 0.119 e. The number of aryl methyl sites for hydroxylation is 1. The number of benzene rings is 1. The molecule has 0 heterocycles. The van der Waals surface area contributed by atoms with Gasteiger partial charge in [0.25, 0.3) is 0 Å². The van der Waals surface area contributed by atoms with Crippen molar-refractivity contribution in [3.63, 3.8) is 0 Å². The summed E-state index contributed by atoms with van der Waals surface area (Å²) in [4.78, 5) is 0. The standard InChI is InChI=1S/C14H22O3/c1-3-13-6-4-7-14(12-13)17-11-10-16-9-5-8-15-2/h4,6-7,12H,3,5,8-11H2,1-2H3. The molecule has 0 spiro atoms. The lowest BCUT2D eigenvalue weighted by Crippen LogP contribution is -2.08. The van der Waals surface area contributed by atoms with E-state index in [-0.39, 0.29) is 0 Å². The highest BCUT2D eigenvalue weighted by Gasteiger charge is 1.95. The van der Waals surface area contributed by atoms with Crippen LogP contribution < -0.4 is 4.74 Å². The van der Waals surface area contributed by atoms with Crippen LogP contribution in [0.3, 0.4) is 0 Å². The van der Waals surface area contributed by atoms with Gasteiger partial charge in [-0.15, -0.1) is 0 Å². The summed E-state index contributed by atoms with van der Waals surface area (Å²) in [5.74, 6) is 0.921. The van der Waals surface area contributed by atoms with E-state index in [1.807, 2.05) is 12.1 Å². The van der Waals surface area contributed by atoms with Crippen molar-refractivity contribution in [2.24, 2.45) is 0 Å². The quantitative estimate of drug-likeness (QED) is 0.619. The Kier molecular flexibility index (Phi) is 7.43. The van der Waals surface area contributed by atoms with Crippen LogP contribution in [0.15, 0.2) is 24.3 Å². The Hall–Kier alpha value is -1.06. The minimum Gasteiger partial charge on any atom is -0.491 e. The second kappa shape index (κ2) is 9.02. The van der Waals surface area contributed by atoms with Crippen LogP contribution in [-0.2, 0) is 15.9 Å². The van der Waals surface area contributed by atoms with Crippen molar-refractivity contribution in [3.05, 3.63) is 29.8 Å². The van der Waals surface area contributed by atoms with Crippen molar-refractivity contribution < 1.29 is 14.2 Å². The van der Waals surface area contributed by atoms with E-state index in [9.17, 15) is 0 Å². The summed E-state index contributed by atoms with van der Waals surface area (Å²) in [6.45, 7) is 4.84. The minimum atomic E-state index is 0.597. The molecule has 0 saturated carbocycles. The van der Waals surface area contributed by atoms with Crippen LogP contribution in [0.4, 0.5) is 0 Å². The van der Waals surface area contributed by atoms with Crippen molar-refractivity contribution in [2.75, 3.05) is 33.5 Å². The van der Waals surface area contributed by atoms with Crippen LogP contribution in [0, 0.1) is 0 Å². The summed E-state index contributed by atoms with van der Waals surface area (Å²) >= 11 is 0. The zero-order chi connectivity index (χ0) is 12.3. The molecule has 0 saturated heterocycles. The summed E-state index contributed by atoms with van der Waals surface area (Å²) in [5.41, 5.74) is 1.29. The molecule has 0 bridgehead atoms. The first-order valence-corrected chi connectivity index (χ1v) is 6.15. The van der Waals surface area contributed by atoms with Crippen LogP contribution in [0.1, 0.15) is 18.9 Å². The van der Waals surface area contributed by atoms with Gasteiger partial charge >= 0.3 is 0 Å². The van der Waals surface area contributed by atoms with Crippen molar-refractivity contribution in [3.8, 4) is 5.75 Å². The van der Waals surface area contributed by atoms with Gasteiger partial charge in [0.1, 0.15) is 12.4 Å². The molecule has 96 valence electrons. The Balaban J connectivity index is 2.09. The number of rotatable bonds is 9. The van der Waals surface area contributed by atoms with Gasteiger partial charge in [-0.05, 0) is 30.5 Å². The molecule has 0 aliphatic carbocycles. The Morgan fingerprint density at radius 2 is 1.94 bits per heavy atom. The monoisotopic (exact) mass is 238 g/mol. The molecule has 1 aromatic rings. The summed E-state index contributed by atoms with van der Waals surface area (Å²) in [6.07, 6.45) is 1.96. The van der Waals surface area contributed by atoms with Gasteiger partial charge in [0, 0.05) is 20.3 Å². The second-order valence-corrected chi connectivity index (χ2v) is 3.81. The predicted molar refractivity (Wildman–Crippen MR) is 68.6 cm³/mol. The van der Waals surface area contributed by atoms with Gasteiger partial charge in [-0.2, -0.15) is 0 Å². The summed E-state index contributed by atoms with van der Waals surface area (Å²) in [6, 6.07) is 8.18. The average Bonchev–Trinajstić information content (AvgIpc) is 2.38. The van der Waals surface area contributed by atoms with Crippen molar-refractivity contribution in [1.82, 2.24) is 0 Å². The van der Waals surface area contributed by atoms with E-state index >= 15 is 0 Å². The Morgan fingerprint density at radius 3 is 2.71 bits per heavy atom. The first-order valence-electron chi connectivity index (χ1n) is 6.15. The molecule has 0 amide bonds. The highest BCUT2D eigenvalue weighted by Crippen LogP contribution is 2.13. The van der Waals surface area contributed by atoms with Gasteiger partial charge in [-0.1, -0.05) is 19.1 Å². The maximum absolute atomic E-state index is 5.60. The van der Waals surface area contributed by atoms with E-state index in [0.29, 0.717) is 13.2 Å². The van der Waals surface area contributed by atoms with Gasteiger partial charge in [0.05, 0.1) is 6.61 Å². The van der Waals surface area contributed by atoms with Crippen LogP contribution in [0.5, 0.6) is 5.75 Å². The van der Waals surface area contributed by atoms with Crippen LogP contribution in [-0.4, -0.2) is 33.5 Å². The van der Waals surface area contributed by atoms with Crippen molar-refractivity contribution in [1.29, 1.82) is 0 Å². The van der Waals surface area contributed by atoms with E-state index in [1.165, 1.54) is 5.56 Å². The Bertz CT molecular complexity index is 299. The molecule has 1 aromatic carbocycles. The third kappa shape index (κ3) is 6.29. The van der Waals surface area contributed by atoms with E-state index in [4.69, 9.17) is 14.2 Å². The molecule has 0 aromatic heterocycles. The maximum atomic E-state index is 5.60. The molecule has 0 unspecified atom stereocenters. The van der Waals surface area contributed by atoms with E-state index in [2.05, 4.69) is 19.1 Å². The van der Waals surface area contributed by atoms with Gasteiger partial charge in [0.15, 0.2) is 0 Å². The third-order valence-corrected chi connectivity index (χ3v) is 2.44. The minimum absolute atomic E-state index is 0.597. The summed E-state index contributed by atoms with van der Waals surface area (Å²) in [7, 11) is 1.70. The molecular weight excluding hydrogens is 216 g/mol. The van der Waals surface area contributed by atoms with E-state index < -0.39 is 0 Å². The van der Waals surface area contributed by atoms with Gasteiger partial charge in [-0.3, -0.25) is 0 Å². The Labute approximate surface area is 104 Å². The molecule has 1 rings (SSSR count). The summed E-state index contributed by atoms with van der Waals surface area (Å²) in [5, 5.41) is 0. The number of methoxy groups -OCH3 is 1. The SMILES string of the molecule is CCc1cccc(OCCOCCCOC)c1. The lowest BCUT2D eigenvalue weighted by molar-refractivity contribution is 0.0806. The first-order chi connectivity index (χ1) is 8.36. The lowest BCUT2D eigenvalue weighted by Gasteiger charge is -2.08. The fourth-order valence-corrected chi connectivity index (χ4v) is 1.48. The number of hydrogen-bond acceptors (Lipinski definition) is 3. The molecule has 0 aliphatic rings. The normalized spacial score (nSPS) is 10.5. The van der Waals surface area contributed by atoms with Crippen molar-refractivity contribution >= 4 is 0 Å². The van der Waals surface area contributed by atoms with E-state index in [0.717, 1.165) is 31.8 Å². The zero-order valence-corrected chi connectivity index (χ0v) is 10.8. The van der Waals surface area contributed by atoms with Gasteiger partial charge < -0.3 is 14.2 Å². The van der Waals surface area contributed by atoms with Gasteiger partial charge in [0.2, 0.25) is 0 Å². The fraction of sp³-hybridized carbons (Fsp3) is 0.571. The fourth-order valence-electron chi connectivity index (χ4n) is 1.48. The molecule has 3 nitrogen and oxygen atoms in total. The number of ether oxygens (including phenoxy) is 3. The first kappa shape index (κ1) is 14.0. The highest BCUT2D eigenvalue weighted by atomic mass is 16.5. The van der Waals surface area contributed by atoms with Crippen LogP contribution in [0.25, 0.3) is 0 Å².